The Morgan fingerprint density at radius 1 is 1.42 bits per heavy atom. The first kappa shape index (κ1) is 16.9. The molecule has 1 atom stereocenters. The number of nitrogens with zero attached hydrogens (tertiary/aromatic N) is 1. The Hall–Kier alpha value is -2.05. The number of ether oxygens (including phenoxy) is 1. The van der Waals surface area contributed by atoms with Crippen molar-refractivity contribution in [2.24, 2.45) is 5.92 Å². The van der Waals surface area contributed by atoms with Crippen molar-refractivity contribution in [3.05, 3.63) is 12.7 Å². The molecule has 0 aromatic carbocycles. The molecule has 0 radical (unpaired) electrons. The number of carboxylic acid groups (broad SMARTS) is 1. The maximum Gasteiger partial charge on any atom is 0.328 e. The highest BCUT2D eigenvalue weighted by Crippen LogP contribution is 2.05. The van der Waals surface area contributed by atoms with E-state index < -0.39 is 30.6 Å². The van der Waals surface area contributed by atoms with Gasteiger partial charge in [0, 0.05) is 6.54 Å². The zero-order chi connectivity index (χ0) is 15.0. The van der Waals surface area contributed by atoms with Crippen molar-refractivity contribution in [2.75, 3.05) is 20.2 Å². The fraction of sp³-hybridized carbons (Fsp3) is 0.583. The van der Waals surface area contributed by atoms with E-state index >= 15 is 0 Å². The zero-order valence-electron chi connectivity index (χ0n) is 11.4. The van der Waals surface area contributed by atoms with Crippen LogP contribution in [0, 0.1) is 5.92 Å². The first-order valence-electron chi connectivity index (χ1n) is 5.79. The standard InChI is InChI=1S/C12H20N2O5/c1-5-6-14(7-9(15)16)12(18)13-10(8(2)3)11(17)19-4/h5,8,10H,1,6-7H2,2-4H3,(H,13,18)(H,15,16). The highest BCUT2D eigenvalue weighted by atomic mass is 16.5. The molecule has 0 fully saturated rings. The molecule has 0 aromatic heterocycles. The lowest BCUT2D eigenvalue weighted by Crippen LogP contribution is -2.51. The Morgan fingerprint density at radius 2 is 2.00 bits per heavy atom. The van der Waals surface area contributed by atoms with Crippen LogP contribution in [0.25, 0.3) is 0 Å². The van der Waals surface area contributed by atoms with Gasteiger partial charge >= 0.3 is 18.0 Å². The average Bonchev–Trinajstić information content (AvgIpc) is 2.33. The minimum atomic E-state index is -1.14. The van der Waals surface area contributed by atoms with Crippen molar-refractivity contribution < 1.29 is 24.2 Å². The second kappa shape index (κ2) is 8.12. The van der Waals surface area contributed by atoms with Crippen LogP contribution >= 0.6 is 0 Å². The zero-order valence-corrected chi connectivity index (χ0v) is 11.4. The van der Waals surface area contributed by atoms with Gasteiger partial charge < -0.3 is 20.1 Å². The number of amides is 2. The summed E-state index contributed by atoms with van der Waals surface area (Å²) < 4.78 is 4.59. The van der Waals surface area contributed by atoms with Gasteiger partial charge in [-0.05, 0) is 5.92 Å². The minimum absolute atomic E-state index is 0.0735. The summed E-state index contributed by atoms with van der Waals surface area (Å²) >= 11 is 0. The topological polar surface area (TPSA) is 95.9 Å². The summed E-state index contributed by atoms with van der Waals surface area (Å²) in [5.41, 5.74) is 0. The second-order valence-corrected chi connectivity index (χ2v) is 4.26. The van der Waals surface area contributed by atoms with E-state index in [4.69, 9.17) is 5.11 Å². The van der Waals surface area contributed by atoms with Crippen LogP contribution in [-0.2, 0) is 14.3 Å². The molecule has 0 aliphatic rings. The molecular weight excluding hydrogens is 252 g/mol. The summed E-state index contributed by atoms with van der Waals surface area (Å²) in [7, 11) is 1.22. The van der Waals surface area contributed by atoms with E-state index in [2.05, 4.69) is 16.6 Å². The normalized spacial score (nSPS) is 11.6. The van der Waals surface area contributed by atoms with Gasteiger partial charge in [-0.25, -0.2) is 9.59 Å². The lowest BCUT2D eigenvalue weighted by atomic mass is 10.1. The monoisotopic (exact) mass is 272 g/mol. The van der Waals surface area contributed by atoms with Gasteiger partial charge in [-0.3, -0.25) is 4.79 Å². The quantitative estimate of drug-likeness (QED) is 0.518. The molecule has 19 heavy (non-hydrogen) atoms. The summed E-state index contributed by atoms with van der Waals surface area (Å²) in [5.74, 6) is -1.89. The lowest BCUT2D eigenvalue weighted by molar-refractivity contribution is -0.144. The average molecular weight is 272 g/mol. The van der Waals surface area contributed by atoms with Crippen molar-refractivity contribution in [2.45, 2.75) is 19.9 Å². The summed E-state index contributed by atoms with van der Waals surface area (Å²) in [6, 6.07) is -1.47. The van der Waals surface area contributed by atoms with Crippen LogP contribution in [0.15, 0.2) is 12.7 Å². The molecule has 1 unspecified atom stereocenters. The van der Waals surface area contributed by atoms with Gasteiger partial charge in [0.15, 0.2) is 0 Å². The summed E-state index contributed by atoms with van der Waals surface area (Å²) in [5, 5.41) is 11.2. The summed E-state index contributed by atoms with van der Waals surface area (Å²) in [4.78, 5) is 35.1. The van der Waals surface area contributed by atoms with Crippen LogP contribution in [0.2, 0.25) is 0 Å². The smallest absolute Gasteiger partial charge is 0.328 e. The molecule has 0 spiro atoms. The predicted molar refractivity (Wildman–Crippen MR) is 68.6 cm³/mol. The van der Waals surface area contributed by atoms with E-state index in [1.54, 1.807) is 13.8 Å². The first-order chi connectivity index (χ1) is 8.83. The van der Waals surface area contributed by atoms with Gasteiger partial charge in [-0.1, -0.05) is 19.9 Å². The van der Waals surface area contributed by atoms with Crippen LogP contribution in [0.4, 0.5) is 4.79 Å². The van der Waals surface area contributed by atoms with Crippen molar-refractivity contribution in [1.29, 1.82) is 0 Å². The molecule has 108 valence electrons. The molecule has 7 heteroatoms. The number of urea groups is 1. The lowest BCUT2D eigenvalue weighted by Gasteiger charge is -2.25. The van der Waals surface area contributed by atoms with Crippen molar-refractivity contribution in [3.63, 3.8) is 0 Å². The highest BCUT2D eigenvalue weighted by Gasteiger charge is 2.27. The molecule has 0 aliphatic heterocycles. The number of carbonyl (C=O) groups is 3. The van der Waals surface area contributed by atoms with Crippen molar-refractivity contribution >= 4 is 18.0 Å². The third-order valence-electron chi connectivity index (χ3n) is 2.36. The summed E-state index contributed by atoms with van der Waals surface area (Å²) in [6.45, 7) is 6.55. The Kier molecular flexibility index (Phi) is 7.25. The molecule has 0 saturated heterocycles. The summed E-state index contributed by atoms with van der Waals surface area (Å²) in [6.07, 6.45) is 1.41. The van der Waals surface area contributed by atoms with Crippen LogP contribution in [-0.4, -0.2) is 54.2 Å². The van der Waals surface area contributed by atoms with Gasteiger partial charge in [-0.15, -0.1) is 6.58 Å². The van der Waals surface area contributed by atoms with Gasteiger partial charge in [0.2, 0.25) is 0 Å². The molecule has 0 saturated carbocycles. The van der Waals surface area contributed by atoms with E-state index in [1.807, 2.05) is 0 Å². The highest BCUT2D eigenvalue weighted by molar-refractivity contribution is 5.85. The fourth-order valence-electron chi connectivity index (χ4n) is 1.39. The van der Waals surface area contributed by atoms with E-state index in [1.165, 1.54) is 13.2 Å². The predicted octanol–water partition coefficient (Wildman–Crippen LogP) is 0.466. The number of nitrogens with one attached hydrogen (secondary N) is 1. The number of methoxy groups -OCH3 is 1. The van der Waals surface area contributed by atoms with Crippen LogP contribution in [0.5, 0.6) is 0 Å². The molecule has 0 rings (SSSR count). The third-order valence-corrected chi connectivity index (χ3v) is 2.36. The molecule has 0 bridgehead atoms. The number of carbonyl (C=O) groups excluding carboxylic acids is 2. The van der Waals surface area contributed by atoms with Crippen molar-refractivity contribution in [1.82, 2.24) is 10.2 Å². The second-order valence-electron chi connectivity index (χ2n) is 4.26. The Balaban J connectivity index is 4.79. The first-order valence-corrected chi connectivity index (χ1v) is 5.79. The van der Waals surface area contributed by atoms with Gasteiger partial charge in [0.1, 0.15) is 12.6 Å². The Bertz CT molecular complexity index is 354. The molecule has 2 N–H and O–H groups in total. The SMILES string of the molecule is C=CCN(CC(=O)O)C(=O)NC(C(=O)OC)C(C)C. The molecule has 0 aliphatic carbocycles. The molecule has 2 amide bonds. The maximum atomic E-state index is 11.9. The number of rotatable bonds is 7. The van der Waals surface area contributed by atoms with Crippen LogP contribution in [0.1, 0.15) is 13.8 Å². The molecule has 0 heterocycles. The molecule has 7 nitrogen and oxygen atoms in total. The third kappa shape index (κ3) is 5.89. The number of hydrogen-bond acceptors (Lipinski definition) is 4. The maximum absolute atomic E-state index is 11.9. The number of carboxylic acids is 1. The van der Waals surface area contributed by atoms with Crippen LogP contribution < -0.4 is 5.32 Å². The van der Waals surface area contributed by atoms with Gasteiger partial charge in [-0.2, -0.15) is 0 Å². The fourth-order valence-corrected chi connectivity index (χ4v) is 1.39. The minimum Gasteiger partial charge on any atom is -0.480 e. The Morgan fingerprint density at radius 3 is 2.37 bits per heavy atom. The van der Waals surface area contributed by atoms with E-state index in [0.29, 0.717) is 0 Å². The molecular formula is C12H20N2O5. The van der Waals surface area contributed by atoms with E-state index in [-0.39, 0.29) is 12.5 Å². The number of aliphatic carboxylic acids is 1. The largest absolute Gasteiger partial charge is 0.480 e. The van der Waals surface area contributed by atoms with E-state index in [0.717, 1.165) is 4.90 Å². The van der Waals surface area contributed by atoms with E-state index in [9.17, 15) is 14.4 Å². The van der Waals surface area contributed by atoms with Gasteiger partial charge in [0.25, 0.3) is 0 Å². The van der Waals surface area contributed by atoms with Gasteiger partial charge in [0.05, 0.1) is 7.11 Å². The number of hydrogen-bond donors (Lipinski definition) is 2. The van der Waals surface area contributed by atoms with Crippen molar-refractivity contribution in [3.8, 4) is 0 Å². The Labute approximate surface area is 112 Å². The number of esters is 1. The van der Waals surface area contributed by atoms with Crippen LogP contribution in [0.3, 0.4) is 0 Å². The molecule has 0 aromatic rings.